The smallest absolute Gasteiger partial charge is 0.432 e. The molecule has 2 aromatic carbocycles. The summed E-state index contributed by atoms with van der Waals surface area (Å²) < 4.78 is 44.5. The second-order valence-corrected chi connectivity index (χ2v) is 13.6. The Morgan fingerprint density at radius 2 is 1.54 bits per heavy atom. The molecule has 0 saturated carbocycles. The Bertz CT molecular complexity index is 1770. The number of hydrogen-bond acceptors (Lipinski definition) is 13. The number of benzene rings is 2. The molecule has 48 heavy (non-hydrogen) atoms. The Labute approximate surface area is 281 Å². The molecule has 14 nitrogen and oxygen atoms in total. The molecular formula is C32H35N4O10PS. The van der Waals surface area contributed by atoms with Crippen molar-refractivity contribution in [1.29, 1.82) is 0 Å². The first-order chi connectivity index (χ1) is 22.9. The molecule has 1 N–H and O–H groups in total. The van der Waals surface area contributed by atoms with Gasteiger partial charge < -0.3 is 18.9 Å². The van der Waals surface area contributed by atoms with E-state index >= 15 is 0 Å². The molecule has 0 aliphatic rings. The number of amides is 1. The first-order valence-corrected chi connectivity index (χ1v) is 16.9. The number of aromatic nitrogens is 3. The largest absolute Gasteiger partial charge is 0.510 e. The molecular weight excluding hydrogens is 663 g/mol. The SMILES string of the molecule is CC(C)OC(=O)OCOP(=O)(OCOC(=O)OC(C)C)N(C)C(=O)c1ccccc1Sc1ccc2c(/C=C/c3ccccn3)n[nH]c2c1. The Hall–Kier alpha value is -4.69. The highest BCUT2D eigenvalue weighted by Crippen LogP contribution is 2.52. The van der Waals surface area contributed by atoms with Gasteiger partial charge in [0.25, 0.3) is 5.91 Å². The van der Waals surface area contributed by atoms with Crippen molar-refractivity contribution >= 4 is 60.8 Å². The van der Waals surface area contributed by atoms with Gasteiger partial charge in [-0.25, -0.2) is 18.8 Å². The number of fused-ring (bicyclic) bond motifs is 1. The lowest BCUT2D eigenvalue weighted by Gasteiger charge is -2.27. The molecule has 0 unspecified atom stereocenters. The van der Waals surface area contributed by atoms with E-state index in [-0.39, 0.29) is 5.56 Å². The topological polar surface area (TPSA) is 168 Å². The second-order valence-electron chi connectivity index (χ2n) is 10.4. The fourth-order valence-corrected chi connectivity index (χ4v) is 6.04. The van der Waals surface area contributed by atoms with E-state index in [0.29, 0.717) is 4.90 Å². The van der Waals surface area contributed by atoms with Crippen LogP contribution in [0.15, 0.2) is 76.7 Å². The van der Waals surface area contributed by atoms with Gasteiger partial charge in [-0.05, 0) is 82.3 Å². The van der Waals surface area contributed by atoms with E-state index in [1.54, 1.807) is 58.2 Å². The van der Waals surface area contributed by atoms with Gasteiger partial charge in [-0.2, -0.15) is 5.10 Å². The highest BCUT2D eigenvalue weighted by molar-refractivity contribution is 7.99. The van der Waals surface area contributed by atoms with E-state index in [1.165, 1.54) is 18.8 Å². The third-order valence-corrected chi connectivity index (χ3v) is 8.96. The lowest BCUT2D eigenvalue weighted by molar-refractivity contribution is -0.0355. The molecule has 0 aliphatic carbocycles. The maximum absolute atomic E-state index is 13.9. The molecule has 1 amide bonds. The summed E-state index contributed by atoms with van der Waals surface area (Å²) in [5.74, 6) is -0.750. The van der Waals surface area contributed by atoms with Crippen LogP contribution in [-0.2, 0) is 32.6 Å². The van der Waals surface area contributed by atoms with E-state index in [9.17, 15) is 18.9 Å². The number of nitrogens with zero attached hydrogens (tertiary/aromatic N) is 3. The highest BCUT2D eigenvalue weighted by atomic mass is 32.2. The zero-order chi connectivity index (χ0) is 34.7. The number of hydrogen-bond donors (Lipinski definition) is 1. The summed E-state index contributed by atoms with van der Waals surface area (Å²) in [6, 6.07) is 18.0. The number of carbonyl (C=O) groups is 3. The predicted molar refractivity (Wildman–Crippen MR) is 177 cm³/mol. The average molecular weight is 699 g/mol. The second kappa shape index (κ2) is 16.9. The summed E-state index contributed by atoms with van der Waals surface area (Å²) in [7, 11) is -3.41. The number of H-pyrrole nitrogens is 1. The fraction of sp³-hybridized carbons (Fsp3) is 0.281. The van der Waals surface area contributed by atoms with Crippen molar-refractivity contribution in [2.24, 2.45) is 0 Å². The van der Waals surface area contributed by atoms with Gasteiger partial charge in [0.05, 0.1) is 34.7 Å². The molecule has 4 aromatic rings. The molecule has 2 heterocycles. The van der Waals surface area contributed by atoms with Gasteiger partial charge in [-0.3, -0.25) is 23.9 Å². The van der Waals surface area contributed by atoms with Crippen molar-refractivity contribution in [1.82, 2.24) is 19.9 Å². The normalized spacial score (nSPS) is 11.6. The van der Waals surface area contributed by atoms with Gasteiger partial charge in [0.1, 0.15) is 0 Å². The van der Waals surface area contributed by atoms with Crippen LogP contribution in [0.4, 0.5) is 9.59 Å². The summed E-state index contributed by atoms with van der Waals surface area (Å²) in [5, 5.41) is 8.33. The van der Waals surface area contributed by atoms with Crippen LogP contribution in [0, 0.1) is 0 Å². The maximum Gasteiger partial charge on any atom is 0.510 e. The maximum atomic E-state index is 13.9. The Morgan fingerprint density at radius 3 is 2.17 bits per heavy atom. The molecule has 0 atom stereocenters. The van der Waals surface area contributed by atoms with E-state index in [0.717, 1.165) is 31.9 Å². The van der Waals surface area contributed by atoms with Crippen LogP contribution in [0.3, 0.4) is 0 Å². The van der Waals surface area contributed by atoms with Crippen molar-refractivity contribution in [2.75, 3.05) is 20.6 Å². The monoisotopic (exact) mass is 698 g/mol. The lowest BCUT2D eigenvalue weighted by Crippen LogP contribution is -2.28. The zero-order valence-corrected chi connectivity index (χ0v) is 28.6. The van der Waals surface area contributed by atoms with Gasteiger partial charge in [-0.15, -0.1) is 0 Å². The van der Waals surface area contributed by atoms with Crippen molar-refractivity contribution < 1.29 is 46.9 Å². The van der Waals surface area contributed by atoms with Gasteiger partial charge in [-0.1, -0.05) is 30.0 Å². The third-order valence-electron chi connectivity index (χ3n) is 6.12. The number of nitrogens with one attached hydrogen (secondary N) is 1. The standard InChI is InChI=1S/C32H35N4O10PS/c1-21(2)45-31(38)41-19-43-47(40,44-20-42-32(39)46-22(3)4)36(5)30(37)26-11-6-7-12-29(26)48-24-14-15-25-27(34-35-28(25)18-24)16-13-23-10-8-9-17-33-23/h6-18,21-22H,19-20H2,1-5H3,(H,34,35)/b16-13+. The van der Waals surface area contributed by atoms with Crippen LogP contribution < -0.4 is 0 Å². The first-order valence-electron chi connectivity index (χ1n) is 14.6. The van der Waals surface area contributed by atoms with Crippen LogP contribution in [0.5, 0.6) is 0 Å². The van der Waals surface area contributed by atoms with E-state index < -0.39 is 51.8 Å². The lowest BCUT2D eigenvalue weighted by atomic mass is 10.2. The van der Waals surface area contributed by atoms with Gasteiger partial charge in [0.2, 0.25) is 13.6 Å². The predicted octanol–water partition coefficient (Wildman–Crippen LogP) is 7.53. The minimum absolute atomic E-state index is 0.168. The molecule has 0 radical (unpaired) electrons. The number of carbonyl (C=O) groups excluding carboxylic acids is 3. The zero-order valence-electron chi connectivity index (χ0n) is 26.9. The number of aromatic amines is 1. The molecule has 2 aromatic heterocycles. The molecule has 254 valence electrons. The van der Waals surface area contributed by atoms with Crippen LogP contribution in [-0.4, -0.2) is 70.9 Å². The minimum Gasteiger partial charge on any atom is -0.432 e. The molecule has 0 bridgehead atoms. The van der Waals surface area contributed by atoms with E-state index in [4.69, 9.17) is 28.0 Å². The highest BCUT2D eigenvalue weighted by Gasteiger charge is 2.37. The van der Waals surface area contributed by atoms with E-state index in [2.05, 4.69) is 15.2 Å². The van der Waals surface area contributed by atoms with Crippen LogP contribution in [0.25, 0.3) is 23.1 Å². The molecule has 4 rings (SSSR count). The molecule has 0 fully saturated rings. The summed E-state index contributed by atoms with van der Waals surface area (Å²) in [6.45, 7) is 4.65. The average Bonchev–Trinajstić information content (AvgIpc) is 3.45. The molecule has 0 saturated heterocycles. The quantitative estimate of drug-likeness (QED) is 0.0780. The van der Waals surface area contributed by atoms with Crippen LogP contribution in [0.2, 0.25) is 0 Å². The summed E-state index contributed by atoms with van der Waals surface area (Å²) in [4.78, 5) is 43.0. The Balaban J connectivity index is 1.51. The number of rotatable bonds is 14. The fourth-order valence-electron chi connectivity index (χ4n) is 3.94. The van der Waals surface area contributed by atoms with Crippen molar-refractivity contribution in [2.45, 2.75) is 49.7 Å². The Kier molecular flexibility index (Phi) is 12.7. The van der Waals surface area contributed by atoms with Gasteiger partial charge in [0, 0.05) is 28.4 Å². The summed E-state index contributed by atoms with van der Waals surface area (Å²) in [5.41, 5.74) is 2.49. The number of pyridine rings is 1. The summed E-state index contributed by atoms with van der Waals surface area (Å²) >= 11 is 1.29. The van der Waals surface area contributed by atoms with E-state index in [1.807, 2.05) is 48.6 Å². The minimum atomic E-state index is -4.59. The summed E-state index contributed by atoms with van der Waals surface area (Å²) in [6.07, 6.45) is 2.32. The Morgan fingerprint density at radius 1 is 0.896 bits per heavy atom. The third kappa shape index (κ3) is 10.2. The van der Waals surface area contributed by atoms with Crippen molar-refractivity contribution in [3.63, 3.8) is 0 Å². The van der Waals surface area contributed by atoms with Crippen molar-refractivity contribution in [3.8, 4) is 0 Å². The molecule has 16 heteroatoms. The van der Waals surface area contributed by atoms with Gasteiger partial charge in [0.15, 0.2) is 0 Å². The first kappa shape index (κ1) is 36.2. The molecule has 0 spiro atoms. The van der Waals surface area contributed by atoms with Crippen molar-refractivity contribution in [3.05, 3.63) is 83.8 Å². The van der Waals surface area contributed by atoms with Crippen LogP contribution in [0.1, 0.15) is 49.4 Å². The van der Waals surface area contributed by atoms with Gasteiger partial charge >= 0.3 is 20.1 Å². The molecule has 0 aliphatic heterocycles. The number of ether oxygens (including phenoxy) is 4. The van der Waals surface area contributed by atoms with Crippen LogP contribution >= 0.6 is 19.5 Å².